The summed E-state index contributed by atoms with van der Waals surface area (Å²) in [7, 11) is 0. The largest absolute Gasteiger partial charge is 0.417 e. The molecule has 0 aliphatic heterocycles. The van der Waals surface area contributed by atoms with Gasteiger partial charge in [0.25, 0.3) is 0 Å². The molecule has 0 radical (unpaired) electrons. The molecule has 9 heteroatoms. The molecule has 0 aliphatic rings. The van der Waals surface area contributed by atoms with Crippen LogP contribution in [0.4, 0.5) is 32.0 Å². The molecule has 0 aliphatic carbocycles. The number of alkyl halides is 6. The molecule has 108 valence electrons. The van der Waals surface area contributed by atoms with Crippen LogP contribution in [0.25, 0.3) is 0 Å². The van der Waals surface area contributed by atoms with Crippen molar-refractivity contribution < 1.29 is 31.1 Å². The highest BCUT2D eigenvalue weighted by atomic mass is 19.4. The van der Waals surface area contributed by atoms with E-state index in [0.29, 0.717) is 6.07 Å². The summed E-state index contributed by atoms with van der Waals surface area (Å²) < 4.78 is 73.5. The fraction of sp³-hybridized carbons (Fsp3) is 0.273. The van der Waals surface area contributed by atoms with E-state index < -0.39 is 41.5 Å². The quantitative estimate of drug-likeness (QED) is 0.850. The van der Waals surface area contributed by atoms with Crippen molar-refractivity contribution in [3.63, 3.8) is 0 Å². The van der Waals surface area contributed by atoms with E-state index in [-0.39, 0.29) is 0 Å². The van der Waals surface area contributed by atoms with Gasteiger partial charge >= 0.3 is 12.4 Å². The molecule has 0 fully saturated rings. The number of nitriles is 1. The first-order valence-electron chi connectivity index (χ1n) is 5.01. The van der Waals surface area contributed by atoms with Gasteiger partial charge in [-0.1, -0.05) is 0 Å². The van der Waals surface area contributed by atoms with Gasteiger partial charge in [0.15, 0.2) is 0 Å². The van der Waals surface area contributed by atoms with Crippen LogP contribution in [0.3, 0.4) is 0 Å². The van der Waals surface area contributed by atoms with Crippen molar-refractivity contribution in [3.05, 3.63) is 29.3 Å². The Morgan fingerprint density at radius 1 is 1.20 bits per heavy atom. The monoisotopic (exact) mass is 296 g/mol. The smallest absolute Gasteiger partial charge is 0.326 e. The maximum Gasteiger partial charge on any atom is 0.417 e. The second-order valence-electron chi connectivity index (χ2n) is 3.71. The summed E-state index contributed by atoms with van der Waals surface area (Å²) >= 11 is 0. The van der Waals surface area contributed by atoms with Gasteiger partial charge < -0.3 is 5.32 Å². The van der Waals surface area contributed by atoms with E-state index in [1.54, 1.807) is 5.32 Å². The van der Waals surface area contributed by atoms with Gasteiger partial charge in [-0.15, -0.1) is 0 Å². The number of benzene rings is 1. The number of halogens is 6. The number of rotatable bonds is 2. The van der Waals surface area contributed by atoms with Crippen LogP contribution in [-0.2, 0) is 11.0 Å². The summed E-state index contributed by atoms with van der Waals surface area (Å²) in [6.07, 6.45) is -11.4. The van der Waals surface area contributed by atoms with Gasteiger partial charge in [-0.2, -0.15) is 31.6 Å². The zero-order valence-electron chi connectivity index (χ0n) is 9.56. The van der Waals surface area contributed by atoms with Crippen molar-refractivity contribution in [2.45, 2.75) is 18.8 Å². The lowest BCUT2D eigenvalue weighted by Gasteiger charge is -2.12. The molecule has 1 N–H and O–H groups in total. The molecule has 0 atom stereocenters. The minimum Gasteiger partial charge on any atom is -0.326 e. The topological polar surface area (TPSA) is 52.9 Å². The summed E-state index contributed by atoms with van der Waals surface area (Å²) in [5.74, 6) is -1.49. The SMILES string of the molecule is N#Cc1ccc(NC(=O)CC(F)(F)F)cc1C(F)(F)F. The molecule has 0 aromatic heterocycles. The van der Waals surface area contributed by atoms with E-state index in [1.165, 1.54) is 6.07 Å². The standard InChI is InChI=1S/C11H6F6N2O/c12-10(13,14)4-9(20)19-7-2-1-6(5-18)8(3-7)11(15,16)17/h1-3H,4H2,(H,19,20). The normalized spacial score (nSPS) is 11.8. The molecule has 1 rings (SSSR count). The zero-order chi connectivity index (χ0) is 15.6. The number of anilines is 1. The Hall–Kier alpha value is -2.24. The van der Waals surface area contributed by atoms with Crippen LogP contribution in [0.1, 0.15) is 17.5 Å². The molecule has 0 saturated heterocycles. The van der Waals surface area contributed by atoms with Crippen LogP contribution in [0.5, 0.6) is 0 Å². The van der Waals surface area contributed by atoms with Crippen molar-refractivity contribution in [3.8, 4) is 6.07 Å². The van der Waals surface area contributed by atoms with Crippen LogP contribution < -0.4 is 5.32 Å². The van der Waals surface area contributed by atoms with Crippen LogP contribution in [-0.4, -0.2) is 12.1 Å². The van der Waals surface area contributed by atoms with Crippen LogP contribution in [0.15, 0.2) is 18.2 Å². The van der Waals surface area contributed by atoms with Crippen molar-refractivity contribution in [1.29, 1.82) is 5.26 Å². The maximum absolute atomic E-state index is 12.6. The van der Waals surface area contributed by atoms with E-state index in [0.717, 1.165) is 12.1 Å². The predicted octanol–water partition coefficient (Wildman–Crippen LogP) is 3.47. The number of amides is 1. The van der Waals surface area contributed by atoms with Crippen LogP contribution in [0, 0.1) is 11.3 Å². The third-order valence-electron chi connectivity index (χ3n) is 2.09. The van der Waals surface area contributed by atoms with Gasteiger partial charge in [0.2, 0.25) is 5.91 Å². The lowest BCUT2D eigenvalue weighted by molar-refractivity contribution is -0.150. The van der Waals surface area contributed by atoms with E-state index >= 15 is 0 Å². The number of nitrogens with one attached hydrogen (secondary N) is 1. The van der Waals surface area contributed by atoms with Crippen molar-refractivity contribution >= 4 is 11.6 Å². The molecule has 20 heavy (non-hydrogen) atoms. The van der Waals surface area contributed by atoms with Crippen molar-refractivity contribution in [1.82, 2.24) is 0 Å². The number of hydrogen-bond donors (Lipinski definition) is 1. The first-order chi connectivity index (χ1) is 9.03. The summed E-state index contributed by atoms with van der Waals surface area (Å²) in [5, 5.41) is 10.2. The molecule has 0 spiro atoms. The third kappa shape index (κ3) is 4.46. The Morgan fingerprint density at radius 2 is 1.80 bits per heavy atom. The lowest BCUT2D eigenvalue weighted by atomic mass is 10.1. The molecule has 3 nitrogen and oxygen atoms in total. The minimum atomic E-state index is -4.85. The first-order valence-corrected chi connectivity index (χ1v) is 5.01. The molecule has 0 saturated carbocycles. The van der Waals surface area contributed by atoms with Gasteiger partial charge in [0, 0.05) is 5.69 Å². The van der Waals surface area contributed by atoms with Gasteiger partial charge in [-0.05, 0) is 18.2 Å². The Labute approximate surface area is 108 Å². The average molecular weight is 296 g/mol. The second kappa shape index (κ2) is 5.40. The van der Waals surface area contributed by atoms with E-state index in [2.05, 4.69) is 0 Å². The lowest BCUT2D eigenvalue weighted by Crippen LogP contribution is -2.21. The Balaban J connectivity index is 3.00. The first kappa shape index (κ1) is 15.8. The summed E-state index contributed by atoms with van der Waals surface area (Å²) in [5.41, 5.74) is -2.48. The number of carbonyl (C=O) groups excluding carboxylic acids is 1. The predicted molar refractivity (Wildman–Crippen MR) is 55.5 cm³/mol. The fourth-order valence-electron chi connectivity index (χ4n) is 1.34. The molecule has 0 bridgehead atoms. The van der Waals surface area contributed by atoms with Gasteiger partial charge in [0.05, 0.1) is 17.2 Å². The Kier molecular flexibility index (Phi) is 4.27. The van der Waals surface area contributed by atoms with E-state index in [1.807, 2.05) is 0 Å². The Morgan fingerprint density at radius 3 is 2.25 bits per heavy atom. The minimum absolute atomic E-state index is 0.410. The summed E-state index contributed by atoms with van der Waals surface area (Å²) in [6.45, 7) is 0. The van der Waals surface area contributed by atoms with Crippen molar-refractivity contribution in [2.75, 3.05) is 5.32 Å². The highest BCUT2D eigenvalue weighted by Gasteiger charge is 2.34. The second-order valence-corrected chi connectivity index (χ2v) is 3.71. The van der Waals surface area contributed by atoms with E-state index in [4.69, 9.17) is 5.26 Å². The Bertz CT molecular complexity index is 556. The van der Waals surface area contributed by atoms with E-state index in [9.17, 15) is 31.1 Å². The average Bonchev–Trinajstić information content (AvgIpc) is 2.25. The third-order valence-corrected chi connectivity index (χ3v) is 2.09. The highest BCUT2D eigenvalue weighted by molar-refractivity contribution is 5.91. The maximum atomic E-state index is 12.6. The fourth-order valence-corrected chi connectivity index (χ4v) is 1.34. The number of nitrogens with zero attached hydrogens (tertiary/aromatic N) is 1. The van der Waals surface area contributed by atoms with Gasteiger partial charge in [0.1, 0.15) is 6.42 Å². The number of hydrogen-bond acceptors (Lipinski definition) is 2. The summed E-state index contributed by atoms with van der Waals surface area (Å²) in [4.78, 5) is 11.0. The van der Waals surface area contributed by atoms with Gasteiger partial charge in [-0.25, -0.2) is 0 Å². The number of carbonyl (C=O) groups is 1. The van der Waals surface area contributed by atoms with Crippen molar-refractivity contribution in [2.24, 2.45) is 0 Å². The molecule has 0 unspecified atom stereocenters. The molecule has 1 amide bonds. The van der Waals surface area contributed by atoms with Crippen LogP contribution >= 0.6 is 0 Å². The molecular formula is C11H6F6N2O. The van der Waals surface area contributed by atoms with Gasteiger partial charge in [-0.3, -0.25) is 4.79 Å². The highest BCUT2D eigenvalue weighted by Crippen LogP contribution is 2.33. The molecular weight excluding hydrogens is 290 g/mol. The van der Waals surface area contributed by atoms with Crippen LogP contribution in [0.2, 0.25) is 0 Å². The zero-order valence-corrected chi connectivity index (χ0v) is 9.56. The summed E-state index contributed by atoms with van der Waals surface area (Å²) in [6, 6.07) is 3.41. The molecule has 1 aromatic rings. The molecule has 1 aromatic carbocycles. The molecule has 0 heterocycles.